The van der Waals surface area contributed by atoms with Crippen LogP contribution in [0, 0.1) is 0 Å². The fourth-order valence-corrected chi connectivity index (χ4v) is 2.63. The molecule has 1 saturated heterocycles. The second kappa shape index (κ2) is 7.08. The van der Waals surface area contributed by atoms with Crippen molar-refractivity contribution in [2.45, 2.75) is 52.1 Å². The second-order valence-corrected chi connectivity index (χ2v) is 6.89. The monoisotopic (exact) mass is 319 g/mol. The molecule has 0 radical (unpaired) electrons. The third-order valence-corrected chi connectivity index (χ3v) is 3.65. The highest BCUT2D eigenvalue weighted by Crippen LogP contribution is 2.26. The average Bonchev–Trinajstić information content (AvgIpc) is 2.45. The Hall–Kier alpha value is -1.95. The number of nitrogens with one attached hydrogen (secondary N) is 2. The van der Waals surface area contributed by atoms with Crippen LogP contribution in [0.3, 0.4) is 0 Å². The summed E-state index contributed by atoms with van der Waals surface area (Å²) in [5, 5.41) is 6.02. The molecule has 2 rings (SSSR count). The summed E-state index contributed by atoms with van der Waals surface area (Å²) in [7, 11) is 0. The highest BCUT2D eigenvalue weighted by Gasteiger charge is 2.21. The molecule has 2 heterocycles. The van der Waals surface area contributed by atoms with E-state index in [9.17, 15) is 9.59 Å². The number of aromatic nitrogens is 1. The Kier molecular flexibility index (Phi) is 5.36. The van der Waals surface area contributed by atoms with Gasteiger partial charge in [-0.2, -0.15) is 0 Å². The maximum atomic E-state index is 12.0. The number of anilines is 1. The molecule has 1 aliphatic rings. The minimum atomic E-state index is -0.598. The Morgan fingerprint density at radius 2 is 2.13 bits per heavy atom. The summed E-state index contributed by atoms with van der Waals surface area (Å²) in [4.78, 5) is 28.0. The minimum absolute atomic E-state index is 0.190. The molecule has 6 heteroatoms. The molecule has 1 amide bonds. The lowest BCUT2D eigenvalue weighted by molar-refractivity contribution is 0.0636. The number of hydrogen-bond acceptors (Lipinski definition) is 5. The molecule has 1 atom stereocenters. The number of Topliss-reactive ketones (excluding diaryl/α,β-unsaturated/α-hetero) is 1. The largest absolute Gasteiger partial charge is 0.444 e. The molecule has 0 aliphatic carbocycles. The van der Waals surface area contributed by atoms with Crippen LogP contribution in [-0.4, -0.2) is 35.6 Å². The van der Waals surface area contributed by atoms with Crippen molar-refractivity contribution in [1.29, 1.82) is 0 Å². The van der Waals surface area contributed by atoms with Crippen LogP contribution in [0.25, 0.3) is 0 Å². The van der Waals surface area contributed by atoms with E-state index >= 15 is 0 Å². The summed E-state index contributed by atoms with van der Waals surface area (Å²) in [6.45, 7) is 8.72. The van der Waals surface area contributed by atoms with E-state index in [4.69, 9.17) is 4.74 Å². The lowest BCUT2D eigenvalue weighted by Crippen LogP contribution is -2.29. The molecule has 0 spiro atoms. The van der Waals surface area contributed by atoms with Crippen molar-refractivity contribution in [2.75, 3.05) is 18.4 Å². The number of pyridine rings is 1. The molecule has 0 bridgehead atoms. The maximum Gasteiger partial charge on any atom is 0.412 e. The van der Waals surface area contributed by atoms with Crippen molar-refractivity contribution in [3.63, 3.8) is 0 Å². The van der Waals surface area contributed by atoms with E-state index in [0.29, 0.717) is 11.6 Å². The minimum Gasteiger partial charge on any atom is -0.444 e. The summed E-state index contributed by atoms with van der Waals surface area (Å²) in [6.07, 6.45) is 3.32. The summed E-state index contributed by atoms with van der Waals surface area (Å²) in [5.41, 5.74) is 1.09. The Morgan fingerprint density at radius 3 is 2.70 bits per heavy atom. The third-order valence-electron chi connectivity index (χ3n) is 3.65. The van der Waals surface area contributed by atoms with Crippen molar-refractivity contribution in [3.05, 3.63) is 23.5 Å². The maximum absolute atomic E-state index is 12.0. The van der Waals surface area contributed by atoms with Crippen LogP contribution in [0.2, 0.25) is 0 Å². The number of rotatable bonds is 3. The quantitative estimate of drug-likeness (QED) is 0.837. The summed E-state index contributed by atoms with van der Waals surface area (Å²) in [6, 6.07) is 1.84. The van der Waals surface area contributed by atoms with Gasteiger partial charge in [-0.25, -0.2) is 4.79 Å². The number of piperidine rings is 1. The van der Waals surface area contributed by atoms with Gasteiger partial charge in [-0.1, -0.05) is 0 Å². The fraction of sp³-hybridized carbons (Fsp3) is 0.588. The molecule has 1 aliphatic heterocycles. The van der Waals surface area contributed by atoms with Gasteiger partial charge in [0.2, 0.25) is 0 Å². The van der Waals surface area contributed by atoms with Gasteiger partial charge in [0.05, 0.1) is 5.69 Å². The fourth-order valence-electron chi connectivity index (χ4n) is 2.63. The zero-order chi connectivity index (χ0) is 17.0. The third kappa shape index (κ3) is 5.03. The zero-order valence-corrected chi connectivity index (χ0v) is 14.2. The van der Waals surface area contributed by atoms with Crippen molar-refractivity contribution >= 4 is 17.6 Å². The van der Waals surface area contributed by atoms with Crippen molar-refractivity contribution in [2.24, 2.45) is 0 Å². The zero-order valence-electron chi connectivity index (χ0n) is 14.2. The van der Waals surface area contributed by atoms with Crippen LogP contribution in [0.15, 0.2) is 12.3 Å². The molecule has 1 aromatic heterocycles. The van der Waals surface area contributed by atoms with Crippen LogP contribution in [-0.2, 0) is 4.74 Å². The molecule has 2 N–H and O–H groups in total. The van der Waals surface area contributed by atoms with Gasteiger partial charge >= 0.3 is 6.09 Å². The van der Waals surface area contributed by atoms with Gasteiger partial charge in [-0.15, -0.1) is 0 Å². The smallest absolute Gasteiger partial charge is 0.412 e. The van der Waals surface area contributed by atoms with Gasteiger partial charge in [0.25, 0.3) is 0 Å². The summed E-state index contributed by atoms with van der Waals surface area (Å²) < 4.78 is 5.26. The van der Waals surface area contributed by atoms with Gasteiger partial charge in [0.1, 0.15) is 11.3 Å². The first-order valence-electron chi connectivity index (χ1n) is 7.98. The van der Waals surface area contributed by atoms with Gasteiger partial charge < -0.3 is 10.1 Å². The van der Waals surface area contributed by atoms with E-state index in [1.54, 1.807) is 27.0 Å². The van der Waals surface area contributed by atoms with Crippen LogP contribution in [0.4, 0.5) is 10.5 Å². The molecular weight excluding hydrogens is 294 g/mol. The van der Waals surface area contributed by atoms with Crippen LogP contribution < -0.4 is 10.6 Å². The van der Waals surface area contributed by atoms with Gasteiger partial charge in [0.15, 0.2) is 5.78 Å². The molecule has 1 fully saturated rings. The Bertz CT molecular complexity index is 587. The molecule has 0 aromatic carbocycles. The molecule has 6 nitrogen and oxygen atoms in total. The summed E-state index contributed by atoms with van der Waals surface area (Å²) >= 11 is 0. The number of ketones is 1. The van der Waals surface area contributed by atoms with Gasteiger partial charge in [0, 0.05) is 19.7 Å². The Labute approximate surface area is 137 Å². The van der Waals surface area contributed by atoms with E-state index < -0.39 is 11.7 Å². The van der Waals surface area contributed by atoms with Crippen molar-refractivity contribution in [1.82, 2.24) is 10.3 Å². The van der Waals surface area contributed by atoms with E-state index in [2.05, 4.69) is 15.6 Å². The Balaban J connectivity index is 2.23. The predicted octanol–water partition coefficient (Wildman–Crippen LogP) is 3.10. The Morgan fingerprint density at radius 1 is 1.39 bits per heavy atom. The van der Waals surface area contributed by atoms with E-state index in [-0.39, 0.29) is 11.5 Å². The highest BCUT2D eigenvalue weighted by molar-refractivity contribution is 6.01. The molecule has 23 heavy (non-hydrogen) atoms. The lowest BCUT2D eigenvalue weighted by atomic mass is 9.92. The number of carbonyl (C=O) groups excluding carboxylic acids is 2. The first-order valence-corrected chi connectivity index (χ1v) is 7.98. The molecular formula is C17H25N3O3. The first-order chi connectivity index (χ1) is 10.8. The van der Waals surface area contributed by atoms with Gasteiger partial charge in [-0.3, -0.25) is 15.1 Å². The molecule has 1 aromatic rings. The predicted molar refractivity (Wildman–Crippen MR) is 88.9 cm³/mol. The van der Waals surface area contributed by atoms with E-state index in [0.717, 1.165) is 31.5 Å². The van der Waals surface area contributed by atoms with Crippen LogP contribution in [0.1, 0.15) is 62.5 Å². The number of carbonyl (C=O) groups is 2. The van der Waals surface area contributed by atoms with Crippen LogP contribution >= 0.6 is 0 Å². The van der Waals surface area contributed by atoms with Crippen molar-refractivity contribution < 1.29 is 14.3 Å². The van der Waals surface area contributed by atoms with E-state index in [1.165, 1.54) is 6.92 Å². The number of ether oxygens (including phenoxy) is 1. The first kappa shape index (κ1) is 17.4. The van der Waals surface area contributed by atoms with E-state index in [1.807, 2.05) is 6.07 Å². The molecule has 1 unspecified atom stereocenters. The lowest BCUT2D eigenvalue weighted by Gasteiger charge is -2.24. The number of hydrogen-bond donors (Lipinski definition) is 2. The summed E-state index contributed by atoms with van der Waals surface area (Å²) in [5.74, 6) is 0.154. The molecule has 0 saturated carbocycles. The normalized spacial score (nSPS) is 18.3. The topological polar surface area (TPSA) is 80.3 Å². The van der Waals surface area contributed by atoms with Gasteiger partial charge in [-0.05, 0) is 57.7 Å². The number of amides is 1. The standard InChI is InChI=1S/C17H25N3O3/c1-11(21)15-14(20-16(22)23-17(2,3)4)8-13(10-19-15)12-6-5-7-18-9-12/h8,10,12,18H,5-7,9H2,1-4H3,(H,20,22). The second-order valence-electron chi connectivity index (χ2n) is 6.89. The molecule has 126 valence electrons. The number of nitrogens with zero attached hydrogens (tertiary/aromatic N) is 1. The SMILES string of the molecule is CC(=O)c1ncc(C2CCCNC2)cc1NC(=O)OC(C)(C)C. The van der Waals surface area contributed by atoms with Crippen LogP contribution in [0.5, 0.6) is 0 Å². The van der Waals surface area contributed by atoms with Crippen molar-refractivity contribution in [3.8, 4) is 0 Å². The average molecular weight is 319 g/mol. The highest BCUT2D eigenvalue weighted by atomic mass is 16.6.